The Bertz CT molecular complexity index is 416. The molecule has 1 fully saturated rings. The molecule has 1 aliphatic rings. The smallest absolute Gasteiger partial charge is 0.0522 e. The zero-order chi connectivity index (χ0) is 15.3. The number of likely N-dealkylation sites (N-methyl/N-ethyl adjacent to an activating group) is 1. The predicted octanol–water partition coefficient (Wildman–Crippen LogP) is 2.60. The Hall–Kier alpha value is -0.870. The van der Waals surface area contributed by atoms with E-state index in [0.29, 0.717) is 6.04 Å². The molecule has 1 atom stereocenters. The molecule has 2 heterocycles. The van der Waals surface area contributed by atoms with Crippen LogP contribution in [-0.2, 0) is 13.5 Å². The van der Waals surface area contributed by atoms with Gasteiger partial charge in [-0.2, -0.15) is 5.10 Å². The lowest BCUT2D eigenvalue weighted by molar-refractivity contribution is 0.0841. The molecule has 1 N–H and O–H groups in total. The van der Waals surface area contributed by atoms with Crippen molar-refractivity contribution in [2.45, 2.75) is 64.5 Å². The van der Waals surface area contributed by atoms with Crippen LogP contribution in [0.3, 0.4) is 0 Å². The van der Waals surface area contributed by atoms with Gasteiger partial charge in [-0.25, -0.2) is 0 Å². The number of nitrogens with one attached hydrogen (secondary N) is 1. The Morgan fingerprint density at radius 2 is 1.90 bits per heavy atom. The third-order valence-corrected chi connectivity index (χ3v) is 4.92. The van der Waals surface area contributed by atoms with Crippen LogP contribution in [0.2, 0.25) is 0 Å². The number of aromatic nitrogens is 2. The second-order valence-electron chi connectivity index (χ2n) is 6.89. The molecule has 0 bridgehead atoms. The second kappa shape index (κ2) is 7.41. The molecule has 4 nitrogen and oxygen atoms in total. The fraction of sp³-hybridized carbons (Fsp3) is 0.824. The van der Waals surface area contributed by atoms with Crippen molar-refractivity contribution >= 4 is 0 Å². The number of rotatable bonds is 6. The molecule has 1 aliphatic heterocycles. The summed E-state index contributed by atoms with van der Waals surface area (Å²) in [5.41, 5.74) is 1.50. The van der Waals surface area contributed by atoms with Crippen LogP contribution in [0, 0.1) is 0 Å². The summed E-state index contributed by atoms with van der Waals surface area (Å²) < 4.78 is 1.90. The third-order valence-electron chi connectivity index (χ3n) is 4.92. The normalized spacial score (nSPS) is 19.4. The Morgan fingerprint density at radius 3 is 2.43 bits per heavy atom. The lowest BCUT2D eigenvalue weighted by Crippen LogP contribution is -2.58. The van der Waals surface area contributed by atoms with E-state index in [1.165, 1.54) is 44.3 Å². The summed E-state index contributed by atoms with van der Waals surface area (Å²) in [5, 5.41) is 8.03. The van der Waals surface area contributed by atoms with E-state index in [-0.39, 0.29) is 5.54 Å². The maximum absolute atomic E-state index is 4.31. The van der Waals surface area contributed by atoms with E-state index in [0.717, 1.165) is 13.0 Å². The maximum atomic E-state index is 4.31. The van der Waals surface area contributed by atoms with Crippen LogP contribution < -0.4 is 5.32 Å². The summed E-state index contributed by atoms with van der Waals surface area (Å²) in [7, 11) is 1.99. The van der Waals surface area contributed by atoms with Crippen molar-refractivity contribution in [3.8, 4) is 0 Å². The van der Waals surface area contributed by atoms with Gasteiger partial charge in [0.2, 0.25) is 0 Å². The first-order chi connectivity index (χ1) is 10.0. The van der Waals surface area contributed by atoms with Gasteiger partial charge < -0.3 is 5.32 Å². The summed E-state index contributed by atoms with van der Waals surface area (Å²) in [5.74, 6) is 0. The molecule has 120 valence electrons. The van der Waals surface area contributed by atoms with Crippen molar-refractivity contribution in [2.75, 3.05) is 19.6 Å². The SMILES string of the molecule is CCNC(Cc1cnn(C)c1)C(C)(C)N1CCCCCC1. The molecule has 1 unspecified atom stereocenters. The van der Waals surface area contributed by atoms with Gasteiger partial charge in [0.25, 0.3) is 0 Å². The van der Waals surface area contributed by atoms with Gasteiger partial charge in [0.15, 0.2) is 0 Å². The van der Waals surface area contributed by atoms with Crippen molar-refractivity contribution in [1.29, 1.82) is 0 Å². The van der Waals surface area contributed by atoms with Crippen LogP contribution in [0.4, 0.5) is 0 Å². The van der Waals surface area contributed by atoms with E-state index in [4.69, 9.17) is 0 Å². The van der Waals surface area contributed by atoms with Crippen molar-refractivity contribution in [1.82, 2.24) is 20.0 Å². The largest absolute Gasteiger partial charge is 0.312 e. The maximum Gasteiger partial charge on any atom is 0.0522 e. The van der Waals surface area contributed by atoms with E-state index in [1.807, 2.05) is 17.9 Å². The van der Waals surface area contributed by atoms with E-state index >= 15 is 0 Å². The van der Waals surface area contributed by atoms with E-state index in [2.05, 4.69) is 42.3 Å². The first-order valence-electron chi connectivity index (χ1n) is 8.50. The van der Waals surface area contributed by atoms with Crippen molar-refractivity contribution in [3.05, 3.63) is 18.0 Å². The average molecular weight is 292 g/mol. The van der Waals surface area contributed by atoms with Crippen molar-refractivity contribution in [3.63, 3.8) is 0 Å². The highest BCUT2D eigenvalue weighted by atomic mass is 15.2. The number of likely N-dealkylation sites (tertiary alicyclic amines) is 1. The first-order valence-corrected chi connectivity index (χ1v) is 8.50. The highest BCUT2D eigenvalue weighted by molar-refractivity contribution is 5.09. The number of hydrogen-bond acceptors (Lipinski definition) is 3. The molecule has 0 amide bonds. The molecule has 2 rings (SSSR count). The molecule has 0 saturated carbocycles. The summed E-state index contributed by atoms with van der Waals surface area (Å²) in [4.78, 5) is 2.70. The monoisotopic (exact) mass is 292 g/mol. The minimum atomic E-state index is 0.177. The predicted molar refractivity (Wildman–Crippen MR) is 88.5 cm³/mol. The highest BCUT2D eigenvalue weighted by Gasteiger charge is 2.35. The molecule has 21 heavy (non-hydrogen) atoms. The van der Waals surface area contributed by atoms with Gasteiger partial charge >= 0.3 is 0 Å². The Balaban J connectivity index is 2.10. The van der Waals surface area contributed by atoms with Gasteiger partial charge in [-0.15, -0.1) is 0 Å². The average Bonchev–Trinajstić information content (AvgIpc) is 2.68. The molecule has 0 aromatic carbocycles. The van der Waals surface area contributed by atoms with E-state index in [1.54, 1.807) is 0 Å². The summed E-state index contributed by atoms with van der Waals surface area (Å²) in [6, 6.07) is 0.463. The van der Waals surface area contributed by atoms with Gasteiger partial charge in [0.1, 0.15) is 0 Å². The molecule has 0 spiro atoms. The fourth-order valence-corrected chi connectivity index (χ4v) is 3.50. The summed E-state index contributed by atoms with van der Waals surface area (Å²) in [6.07, 6.45) is 10.7. The van der Waals surface area contributed by atoms with Crippen molar-refractivity contribution < 1.29 is 0 Å². The minimum absolute atomic E-state index is 0.177. The zero-order valence-corrected chi connectivity index (χ0v) is 14.2. The molecular weight excluding hydrogens is 260 g/mol. The standard InChI is InChI=1S/C17H32N4/c1-5-18-16(12-15-13-19-20(4)14-15)17(2,3)21-10-8-6-7-9-11-21/h13-14,16,18H,5-12H2,1-4H3. The third kappa shape index (κ3) is 4.30. The van der Waals surface area contributed by atoms with Crippen molar-refractivity contribution in [2.24, 2.45) is 7.05 Å². The second-order valence-corrected chi connectivity index (χ2v) is 6.89. The van der Waals surface area contributed by atoms with Crippen LogP contribution in [0.25, 0.3) is 0 Å². The lowest BCUT2D eigenvalue weighted by atomic mass is 9.87. The van der Waals surface area contributed by atoms with Crippen LogP contribution >= 0.6 is 0 Å². The van der Waals surface area contributed by atoms with E-state index < -0.39 is 0 Å². The molecule has 1 aromatic rings. The molecule has 0 aliphatic carbocycles. The fourth-order valence-electron chi connectivity index (χ4n) is 3.50. The van der Waals surface area contributed by atoms with Crippen LogP contribution in [0.1, 0.15) is 52.0 Å². The zero-order valence-electron chi connectivity index (χ0n) is 14.2. The number of nitrogens with zero attached hydrogens (tertiary/aromatic N) is 3. The Labute approximate surface area is 129 Å². The van der Waals surface area contributed by atoms with Gasteiger partial charge in [-0.3, -0.25) is 9.58 Å². The quantitative estimate of drug-likeness (QED) is 0.875. The first kappa shape index (κ1) is 16.5. The Kier molecular flexibility index (Phi) is 5.82. The minimum Gasteiger partial charge on any atom is -0.312 e. The topological polar surface area (TPSA) is 33.1 Å². The van der Waals surface area contributed by atoms with Crippen LogP contribution in [0.5, 0.6) is 0 Å². The van der Waals surface area contributed by atoms with Gasteiger partial charge in [-0.1, -0.05) is 19.8 Å². The van der Waals surface area contributed by atoms with Gasteiger partial charge in [0.05, 0.1) is 6.20 Å². The van der Waals surface area contributed by atoms with Crippen LogP contribution in [0.15, 0.2) is 12.4 Å². The molecule has 1 aromatic heterocycles. The van der Waals surface area contributed by atoms with E-state index in [9.17, 15) is 0 Å². The van der Waals surface area contributed by atoms with Gasteiger partial charge in [-0.05, 0) is 58.3 Å². The van der Waals surface area contributed by atoms with Crippen LogP contribution in [-0.4, -0.2) is 45.9 Å². The Morgan fingerprint density at radius 1 is 1.24 bits per heavy atom. The van der Waals surface area contributed by atoms with Gasteiger partial charge in [0, 0.05) is 24.8 Å². The number of hydrogen-bond donors (Lipinski definition) is 1. The lowest BCUT2D eigenvalue weighted by Gasteiger charge is -2.44. The molecular formula is C17H32N4. The summed E-state index contributed by atoms with van der Waals surface area (Å²) in [6.45, 7) is 10.5. The summed E-state index contributed by atoms with van der Waals surface area (Å²) >= 11 is 0. The molecule has 0 radical (unpaired) electrons. The highest BCUT2D eigenvalue weighted by Crippen LogP contribution is 2.25. The molecule has 4 heteroatoms. The number of aryl methyl sites for hydroxylation is 1. The molecule has 1 saturated heterocycles.